The van der Waals surface area contributed by atoms with Crippen LogP contribution in [-0.2, 0) is 11.8 Å². The Morgan fingerprint density at radius 3 is 2.86 bits per heavy atom. The Bertz CT molecular complexity index is 700. The van der Waals surface area contributed by atoms with E-state index in [1.165, 1.54) is 42.5 Å². The number of amides is 1. The van der Waals surface area contributed by atoms with Gasteiger partial charge in [-0.25, -0.2) is 4.98 Å². The van der Waals surface area contributed by atoms with Crippen LogP contribution >= 0.6 is 0 Å². The Labute approximate surface area is 126 Å². The summed E-state index contributed by atoms with van der Waals surface area (Å²) in [5.41, 5.74) is -0.0488. The SMILES string of the molecule is COCCOc1cc(=O)n(C)cc1C(=O)Nc1cnccn1. The molecule has 0 saturated heterocycles. The van der Waals surface area contributed by atoms with Crippen molar-refractivity contribution in [3.8, 4) is 5.75 Å². The fourth-order valence-electron chi connectivity index (χ4n) is 1.68. The van der Waals surface area contributed by atoms with Gasteiger partial charge in [0.15, 0.2) is 5.82 Å². The van der Waals surface area contributed by atoms with Crippen molar-refractivity contribution in [3.05, 3.63) is 46.8 Å². The number of aryl methyl sites for hydroxylation is 1. The first-order valence-electron chi connectivity index (χ1n) is 6.51. The van der Waals surface area contributed by atoms with Crippen LogP contribution < -0.4 is 15.6 Å². The predicted octanol–water partition coefficient (Wildman–Crippen LogP) is 0.453. The Balaban J connectivity index is 2.25. The first-order chi connectivity index (χ1) is 10.6. The standard InChI is InChI=1S/C14H16N4O4/c1-18-9-10(11(7-13(18)19)22-6-5-21-2)14(20)17-12-8-15-3-4-16-12/h3-4,7-9H,5-6H2,1-2H3,(H,16,17,20). The molecule has 0 aliphatic carbocycles. The number of nitrogens with one attached hydrogen (secondary N) is 1. The monoisotopic (exact) mass is 304 g/mol. The Kier molecular flexibility index (Phi) is 5.21. The zero-order valence-corrected chi connectivity index (χ0v) is 12.3. The van der Waals surface area contributed by atoms with Crippen molar-refractivity contribution in [1.29, 1.82) is 0 Å². The summed E-state index contributed by atoms with van der Waals surface area (Å²) in [6.07, 6.45) is 5.80. The van der Waals surface area contributed by atoms with Crippen LogP contribution in [0.1, 0.15) is 10.4 Å². The highest BCUT2D eigenvalue weighted by atomic mass is 16.5. The van der Waals surface area contributed by atoms with Crippen LogP contribution in [0.15, 0.2) is 35.6 Å². The van der Waals surface area contributed by atoms with Gasteiger partial charge in [-0.2, -0.15) is 0 Å². The molecule has 8 heteroatoms. The summed E-state index contributed by atoms with van der Waals surface area (Å²) in [6.45, 7) is 0.579. The van der Waals surface area contributed by atoms with Gasteiger partial charge in [-0.15, -0.1) is 0 Å². The van der Waals surface area contributed by atoms with E-state index in [1.807, 2.05) is 0 Å². The van der Waals surface area contributed by atoms with Crippen molar-refractivity contribution in [2.45, 2.75) is 0 Å². The largest absolute Gasteiger partial charge is 0.490 e. The molecule has 1 amide bonds. The molecule has 0 aliphatic heterocycles. The molecule has 0 unspecified atom stereocenters. The molecule has 0 bridgehead atoms. The van der Waals surface area contributed by atoms with Gasteiger partial charge in [0.25, 0.3) is 11.5 Å². The maximum atomic E-state index is 12.3. The molecule has 2 heterocycles. The highest BCUT2D eigenvalue weighted by Gasteiger charge is 2.15. The summed E-state index contributed by atoms with van der Waals surface area (Å²) in [6, 6.07) is 1.27. The molecule has 22 heavy (non-hydrogen) atoms. The molecule has 0 aliphatic rings. The molecule has 0 aromatic carbocycles. The minimum atomic E-state index is -0.441. The second-order valence-electron chi connectivity index (χ2n) is 4.39. The molecule has 0 spiro atoms. The van der Waals surface area contributed by atoms with Crippen LogP contribution in [0.4, 0.5) is 5.82 Å². The van der Waals surface area contributed by atoms with Gasteiger partial charge in [-0.05, 0) is 0 Å². The number of hydrogen-bond acceptors (Lipinski definition) is 6. The fourth-order valence-corrected chi connectivity index (χ4v) is 1.68. The molecule has 2 aromatic heterocycles. The van der Waals surface area contributed by atoms with Crippen molar-refractivity contribution in [2.24, 2.45) is 7.05 Å². The third kappa shape index (κ3) is 3.89. The van der Waals surface area contributed by atoms with Gasteiger partial charge in [0.05, 0.1) is 18.4 Å². The molecule has 0 radical (unpaired) electrons. The summed E-state index contributed by atoms with van der Waals surface area (Å²) >= 11 is 0. The first-order valence-corrected chi connectivity index (χ1v) is 6.51. The average Bonchev–Trinajstić information content (AvgIpc) is 2.51. The van der Waals surface area contributed by atoms with Crippen LogP contribution in [0.25, 0.3) is 0 Å². The van der Waals surface area contributed by atoms with E-state index < -0.39 is 5.91 Å². The highest BCUT2D eigenvalue weighted by molar-refractivity contribution is 6.05. The second-order valence-corrected chi connectivity index (χ2v) is 4.39. The number of anilines is 1. The van der Waals surface area contributed by atoms with E-state index in [1.54, 1.807) is 7.05 Å². The number of rotatable bonds is 6. The van der Waals surface area contributed by atoms with Gasteiger partial charge in [0.2, 0.25) is 0 Å². The Morgan fingerprint density at radius 2 is 2.18 bits per heavy atom. The summed E-state index contributed by atoms with van der Waals surface area (Å²) in [5, 5.41) is 2.60. The number of methoxy groups -OCH3 is 1. The van der Waals surface area contributed by atoms with Crippen LogP contribution in [0, 0.1) is 0 Å². The lowest BCUT2D eigenvalue weighted by Crippen LogP contribution is -2.22. The number of hydrogen-bond donors (Lipinski definition) is 1. The molecule has 0 saturated carbocycles. The molecule has 116 valence electrons. The number of nitrogens with zero attached hydrogens (tertiary/aromatic N) is 3. The maximum absolute atomic E-state index is 12.3. The molecule has 2 aromatic rings. The molecule has 8 nitrogen and oxygen atoms in total. The van der Waals surface area contributed by atoms with Gasteiger partial charge < -0.3 is 19.4 Å². The van der Waals surface area contributed by atoms with E-state index in [2.05, 4.69) is 15.3 Å². The van der Waals surface area contributed by atoms with E-state index in [4.69, 9.17) is 9.47 Å². The quantitative estimate of drug-likeness (QED) is 0.779. The third-order valence-electron chi connectivity index (χ3n) is 2.78. The third-order valence-corrected chi connectivity index (χ3v) is 2.78. The van der Waals surface area contributed by atoms with E-state index in [-0.39, 0.29) is 23.5 Å². The van der Waals surface area contributed by atoms with Crippen molar-refractivity contribution >= 4 is 11.7 Å². The molecule has 1 N–H and O–H groups in total. The van der Waals surface area contributed by atoms with Crippen LogP contribution in [-0.4, -0.2) is 40.8 Å². The maximum Gasteiger partial charge on any atom is 0.262 e. The first kappa shape index (κ1) is 15.6. The van der Waals surface area contributed by atoms with Gasteiger partial charge in [-0.1, -0.05) is 0 Å². The molecule has 2 rings (SSSR count). The number of aromatic nitrogens is 3. The van der Waals surface area contributed by atoms with Crippen molar-refractivity contribution in [1.82, 2.24) is 14.5 Å². The Morgan fingerprint density at radius 1 is 1.36 bits per heavy atom. The van der Waals surface area contributed by atoms with Crippen LogP contribution in [0.3, 0.4) is 0 Å². The van der Waals surface area contributed by atoms with Crippen molar-refractivity contribution < 1.29 is 14.3 Å². The van der Waals surface area contributed by atoms with E-state index in [0.717, 1.165) is 0 Å². The molecular weight excluding hydrogens is 288 g/mol. The highest BCUT2D eigenvalue weighted by Crippen LogP contribution is 2.17. The minimum absolute atomic E-state index is 0.196. The second kappa shape index (κ2) is 7.32. The van der Waals surface area contributed by atoms with E-state index in [9.17, 15) is 9.59 Å². The molecular formula is C14H16N4O4. The summed E-state index contributed by atoms with van der Waals surface area (Å²) in [5.74, 6) is 0.0641. The predicted molar refractivity (Wildman–Crippen MR) is 79.0 cm³/mol. The van der Waals surface area contributed by atoms with Gasteiger partial charge in [0.1, 0.15) is 12.4 Å². The van der Waals surface area contributed by atoms with Crippen LogP contribution in [0.2, 0.25) is 0 Å². The van der Waals surface area contributed by atoms with Crippen LogP contribution in [0.5, 0.6) is 5.75 Å². The topological polar surface area (TPSA) is 95.3 Å². The number of carbonyl (C=O) groups excluding carboxylic acids is 1. The van der Waals surface area contributed by atoms with Gasteiger partial charge >= 0.3 is 0 Å². The van der Waals surface area contributed by atoms with E-state index in [0.29, 0.717) is 12.4 Å². The van der Waals surface area contributed by atoms with E-state index >= 15 is 0 Å². The number of ether oxygens (including phenoxy) is 2. The molecule has 0 atom stereocenters. The molecule has 0 fully saturated rings. The summed E-state index contributed by atoms with van der Waals surface area (Å²) < 4.78 is 11.6. The summed E-state index contributed by atoms with van der Waals surface area (Å²) in [4.78, 5) is 31.9. The lowest BCUT2D eigenvalue weighted by Gasteiger charge is -2.12. The fraction of sp³-hybridized carbons (Fsp3) is 0.286. The van der Waals surface area contributed by atoms with Crippen molar-refractivity contribution in [2.75, 3.05) is 25.6 Å². The zero-order valence-electron chi connectivity index (χ0n) is 12.3. The number of carbonyl (C=O) groups is 1. The van der Waals surface area contributed by atoms with Crippen molar-refractivity contribution in [3.63, 3.8) is 0 Å². The smallest absolute Gasteiger partial charge is 0.262 e. The zero-order chi connectivity index (χ0) is 15.9. The van der Waals surface area contributed by atoms with Gasteiger partial charge in [-0.3, -0.25) is 14.6 Å². The normalized spacial score (nSPS) is 10.3. The Hall–Kier alpha value is -2.74. The number of pyridine rings is 1. The van der Waals surface area contributed by atoms with Gasteiger partial charge in [0, 0.05) is 38.8 Å². The minimum Gasteiger partial charge on any atom is -0.490 e. The average molecular weight is 304 g/mol. The summed E-state index contributed by atoms with van der Waals surface area (Å²) in [7, 11) is 3.09. The lowest BCUT2D eigenvalue weighted by atomic mass is 10.2. The lowest BCUT2D eigenvalue weighted by molar-refractivity contribution is 0.101.